The Kier molecular flexibility index (Phi) is 3.65. The first-order chi connectivity index (χ1) is 8.26. The fraction of sp³-hybridized carbons (Fsp3) is 0.429. The summed E-state index contributed by atoms with van der Waals surface area (Å²) >= 11 is 0. The number of anilines is 1. The minimum Gasteiger partial charge on any atom is -0.392 e. The van der Waals surface area contributed by atoms with Gasteiger partial charge in [-0.2, -0.15) is 0 Å². The van der Waals surface area contributed by atoms with Crippen LogP contribution in [0.1, 0.15) is 18.4 Å². The van der Waals surface area contributed by atoms with E-state index in [1.165, 1.54) is 18.9 Å². The monoisotopic (exact) mass is 233 g/mol. The zero-order valence-corrected chi connectivity index (χ0v) is 9.69. The number of aliphatic hydroxyl groups is 1. The van der Waals surface area contributed by atoms with E-state index >= 15 is 0 Å². The van der Waals surface area contributed by atoms with Gasteiger partial charge in [-0.25, -0.2) is 4.39 Å². The van der Waals surface area contributed by atoms with Gasteiger partial charge in [0, 0.05) is 12.1 Å². The molecule has 0 saturated heterocycles. The Morgan fingerprint density at radius 1 is 1.47 bits per heavy atom. The van der Waals surface area contributed by atoms with E-state index in [4.69, 9.17) is 6.42 Å². The van der Waals surface area contributed by atoms with Crippen molar-refractivity contribution in [2.45, 2.75) is 19.4 Å². The lowest BCUT2D eigenvalue weighted by atomic mass is 10.1. The normalized spacial score (nSPS) is 14.4. The number of hydrogen-bond acceptors (Lipinski definition) is 2. The van der Waals surface area contributed by atoms with Gasteiger partial charge < -0.3 is 10.0 Å². The summed E-state index contributed by atoms with van der Waals surface area (Å²) in [4.78, 5) is 1.86. The molecular formula is C14H16FNO. The summed E-state index contributed by atoms with van der Waals surface area (Å²) in [6.45, 7) is 0.987. The highest BCUT2D eigenvalue weighted by molar-refractivity contribution is 5.55. The molecule has 1 fully saturated rings. The number of hydrogen-bond donors (Lipinski definition) is 1. The van der Waals surface area contributed by atoms with Gasteiger partial charge in [0.15, 0.2) is 0 Å². The van der Waals surface area contributed by atoms with Crippen LogP contribution < -0.4 is 4.90 Å². The molecule has 1 aliphatic carbocycles. The van der Waals surface area contributed by atoms with E-state index in [-0.39, 0.29) is 12.4 Å². The van der Waals surface area contributed by atoms with E-state index < -0.39 is 0 Å². The van der Waals surface area contributed by atoms with E-state index in [2.05, 4.69) is 5.92 Å². The van der Waals surface area contributed by atoms with E-state index in [9.17, 15) is 9.50 Å². The van der Waals surface area contributed by atoms with Crippen LogP contribution >= 0.6 is 0 Å². The van der Waals surface area contributed by atoms with Crippen molar-refractivity contribution in [1.82, 2.24) is 0 Å². The van der Waals surface area contributed by atoms with Gasteiger partial charge in [-0.15, -0.1) is 6.42 Å². The number of para-hydroxylation sites is 1. The molecule has 0 amide bonds. The van der Waals surface area contributed by atoms with E-state index in [0.717, 1.165) is 6.54 Å². The predicted octanol–water partition coefficient (Wildman–Crippen LogP) is 2.17. The molecule has 0 heterocycles. The first kappa shape index (κ1) is 11.9. The van der Waals surface area contributed by atoms with Crippen LogP contribution in [0.2, 0.25) is 0 Å². The highest BCUT2D eigenvalue weighted by Crippen LogP contribution is 2.33. The number of halogens is 1. The molecule has 0 bridgehead atoms. The van der Waals surface area contributed by atoms with Gasteiger partial charge in [0.2, 0.25) is 0 Å². The van der Waals surface area contributed by atoms with Gasteiger partial charge >= 0.3 is 0 Å². The van der Waals surface area contributed by atoms with Gasteiger partial charge in [0.1, 0.15) is 5.82 Å². The fourth-order valence-electron chi connectivity index (χ4n) is 2.00. The molecule has 0 radical (unpaired) electrons. The molecule has 2 rings (SSSR count). The molecule has 1 N–H and O–H groups in total. The number of rotatable bonds is 5. The molecule has 90 valence electrons. The second kappa shape index (κ2) is 5.20. The average Bonchev–Trinajstić information content (AvgIpc) is 3.12. The fourth-order valence-corrected chi connectivity index (χ4v) is 2.00. The zero-order valence-electron chi connectivity index (χ0n) is 9.69. The van der Waals surface area contributed by atoms with Gasteiger partial charge in [-0.3, -0.25) is 0 Å². The molecule has 1 aliphatic rings. The van der Waals surface area contributed by atoms with E-state index in [1.54, 1.807) is 12.1 Å². The van der Waals surface area contributed by atoms with Crippen LogP contribution in [0.3, 0.4) is 0 Å². The maximum Gasteiger partial charge on any atom is 0.146 e. The lowest BCUT2D eigenvalue weighted by Gasteiger charge is -2.25. The molecule has 1 saturated carbocycles. The largest absolute Gasteiger partial charge is 0.392 e. The van der Waals surface area contributed by atoms with Crippen LogP contribution in [-0.4, -0.2) is 18.2 Å². The summed E-state index contributed by atoms with van der Waals surface area (Å²) in [5.74, 6) is 2.86. The third-order valence-corrected chi connectivity index (χ3v) is 3.01. The van der Waals surface area contributed by atoms with Gasteiger partial charge in [-0.1, -0.05) is 18.1 Å². The second-order valence-corrected chi connectivity index (χ2v) is 4.43. The lowest BCUT2D eigenvalue weighted by Crippen LogP contribution is -2.28. The van der Waals surface area contributed by atoms with Crippen molar-refractivity contribution < 1.29 is 9.50 Å². The van der Waals surface area contributed by atoms with Gasteiger partial charge in [-0.05, 0) is 24.8 Å². The molecule has 0 aromatic heterocycles. The second-order valence-electron chi connectivity index (χ2n) is 4.43. The van der Waals surface area contributed by atoms with Crippen LogP contribution in [0.25, 0.3) is 0 Å². The first-order valence-electron chi connectivity index (χ1n) is 5.83. The Labute approximate surface area is 101 Å². The van der Waals surface area contributed by atoms with Crippen LogP contribution in [-0.2, 0) is 6.61 Å². The highest BCUT2D eigenvalue weighted by Gasteiger charge is 2.26. The van der Waals surface area contributed by atoms with Crippen molar-refractivity contribution in [2.24, 2.45) is 5.92 Å². The Hall–Kier alpha value is -1.53. The Balaban J connectivity index is 2.29. The standard InChI is InChI=1S/C14H16FNO/c1-2-8-16(9-11-6-7-11)14-12(10-17)4-3-5-13(14)15/h1,3-5,11,17H,6-10H2. The summed E-state index contributed by atoms with van der Waals surface area (Å²) in [5.41, 5.74) is 1.06. The number of terminal acetylenes is 1. The Bertz CT molecular complexity index is 434. The van der Waals surface area contributed by atoms with Crippen molar-refractivity contribution in [1.29, 1.82) is 0 Å². The molecule has 1 aromatic carbocycles. The van der Waals surface area contributed by atoms with E-state index in [0.29, 0.717) is 23.7 Å². The molecule has 3 heteroatoms. The quantitative estimate of drug-likeness (QED) is 0.788. The van der Waals surface area contributed by atoms with Gasteiger partial charge in [0.25, 0.3) is 0 Å². The van der Waals surface area contributed by atoms with Crippen molar-refractivity contribution in [3.05, 3.63) is 29.6 Å². The topological polar surface area (TPSA) is 23.5 Å². The van der Waals surface area contributed by atoms with Crippen LogP contribution in [0, 0.1) is 24.1 Å². The lowest BCUT2D eigenvalue weighted by molar-refractivity contribution is 0.281. The van der Waals surface area contributed by atoms with E-state index in [1.807, 2.05) is 4.90 Å². The summed E-state index contributed by atoms with van der Waals surface area (Å²) < 4.78 is 13.9. The molecule has 1 aromatic rings. The summed E-state index contributed by atoms with van der Waals surface area (Å²) in [6, 6.07) is 4.75. The van der Waals surface area contributed by atoms with Crippen LogP contribution in [0.15, 0.2) is 18.2 Å². The highest BCUT2D eigenvalue weighted by atomic mass is 19.1. The molecule has 0 unspecified atom stereocenters. The number of benzene rings is 1. The summed E-state index contributed by atoms with van der Waals surface area (Å²) in [6.07, 6.45) is 7.70. The molecule has 2 nitrogen and oxygen atoms in total. The van der Waals surface area contributed by atoms with Gasteiger partial charge in [0.05, 0.1) is 18.8 Å². The van der Waals surface area contributed by atoms with Crippen molar-refractivity contribution in [3.63, 3.8) is 0 Å². The Morgan fingerprint density at radius 3 is 2.82 bits per heavy atom. The molecule has 0 aliphatic heterocycles. The molecule has 0 spiro atoms. The predicted molar refractivity (Wildman–Crippen MR) is 66.1 cm³/mol. The van der Waals surface area contributed by atoms with Crippen LogP contribution in [0.5, 0.6) is 0 Å². The Morgan fingerprint density at radius 2 is 2.24 bits per heavy atom. The molecular weight excluding hydrogens is 217 g/mol. The van der Waals surface area contributed by atoms with Crippen molar-refractivity contribution >= 4 is 5.69 Å². The maximum atomic E-state index is 13.9. The summed E-state index contributed by atoms with van der Waals surface area (Å²) in [7, 11) is 0. The molecule has 0 atom stereocenters. The molecule has 17 heavy (non-hydrogen) atoms. The summed E-state index contributed by atoms with van der Waals surface area (Å²) in [5, 5.41) is 9.26. The SMILES string of the molecule is C#CCN(CC1CC1)c1c(F)cccc1CO. The van der Waals surface area contributed by atoms with Crippen molar-refractivity contribution in [3.8, 4) is 12.3 Å². The zero-order chi connectivity index (χ0) is 12.3. The van der Waals surface area contributed by atoms with Crippen molar-refractivity contribution in [2.75, 3.05) is 18.0 Å². The third kappa shape index (κ3) is 2.78. The third-order valence-electron chi connectivity index (χ3n) is 3.01. The maximum absolute atomic E-state index is 13.9. The first-order valence-corrected chi connectivity index (χ1v) is 5.83. The minimum atomic E-state index is -0.313. The average molecular weight is 233 g/mol. The van der Waals surface area contributed by atoms with Crippen LogP contribution in [0.4, 0.5) is 10.1 Å². The number of nitrogens with zero attached hydrogens (tertiary/aromatic N) is 1. The number of aliphatic hydroxyl groups excluding tert-OH is 1. The minimum absolute atomic E-state index is 0.168. The smallest absolute Gasteiger partial charge is 0.146 e.